The Morgan fingerprint density at radius 3 is 2.69 bits per heavy atom. The highest BCUT2D eigenvalue weighted by molar-refractivity contribution is 9.10. The number of amides is 1. The fraction of sp³-hybridized carbons (Fsp3) is 0.278. The summed E-state index contributed by atoms with van der Waals surface area (Å²) >= 11 is 3.39. The van der Waals surface area contributed by atoms with Crippen LogP contribution in [-0.2, 0) is 14.8 Å². The van der Waals surface area contributed by atoms with Gasteiger partial charge in [-0.3, -0.25) is 9.10 Å². The van der Waals surface area contributed by atoms with Gasteiger partial charge in [0.2, 0.25) is 10.0 Å². The first kappa shape index (κ1) is 18.7. The minimum atomic E-state index is -3.48. The van der Waals surface area contributed by atoms with E-state index in [2.05, 4.69) is 21.2 Å². The van der Waals surface area contributed by atoms with Crippen molar-refractivity contribution in [3.63, 3.8) is 0 Å². The predicted octanol–water partition coefficient (Wildman–Crippen LogP) is 3.31. The van der Waals surface area contributed by atoms with Crippen molar-refractivity contribution in [1.29, 1.82) is 0 Å². The van der Waals surface area contributed by atoms with E-state index in [4.69, 9.17) is 4.74 Å². The van der Waals surface area contributed by atoms with Crippen LogP contribution in [-0.4, -0.2) is 33.2 Å². The van der Waals surface area contributed by atoms with Crippen LogP contribution >= 0.6 is 15.9 Å². The lowest BCUT2D eigenvalue weighted by Crippen LogP contribution is -2.36. The lowest BCUT2D eigenvalue weighted by atomic mass is 10.2. The van der Waals surface area contributed by atoms with Crippen molar-refractivity contribution in [1.82, 2.24) is 0 Å². The average molecular weight is 439 g/mol. The lowest BCUT2D eigenvalue weighted by molar-refractivity contribution is -0.122. The van der Waals surface area contributed by atoms with Gasteiger partial charge >= 0.3 is 0 Å². The van der Waals surface area contributed by atoms with Crippen LogP contribution in [0.3, 0.4) is 0 Å². The number of para-hydroxylation sites is 1. The number of aryl methyl sites for hydroxylation is 1. The molecule has 0 aromatic heterocycles. The van der Waals surface area contributed by atoms with E-state index in [9.17, 15) is 13.2 Å². The quantitative estimate of drug-likeness (QED) is 0.797. The van der Waals surface area contributed by atoms with E-state index >= 15 is 0 Å². The topological polar surface area (TPSA) is 75.7 Å². The molecule has 2 aromatic rings. The maximum Gasteiger partial charge on any atom is 0.265 e. The molecule has 0 saturated heterocycles. The maximum absolute atomic E-state index is 12.7. The van der Waals surface area contributed by atoms with Crippen LogP contribution in [0, 0.1) is 6.92 Å². The Labute approximate surface area is 161 Å². The molecule has 1 aliphatic heterocycles. The third-order valence-corrected chi connectivity index (χ3v) is 5.94. The smallest absolute Gasteiger partial charge is 0.265 e. The number of rotatable bonds is 3. The second kappa shape index (κ2) is 7.28. The second-order valence-electron chi connectivity index (χ2n) is 6.17. The van der Waals surface area contributed by atoms with Gasteiger partial charge < -0.3 is 10.1 Å². The highest BCUT2D eigenvalue weighted by Gasteiger charge is 2.31. The molecule has 1 heterocycles. The summed E-state index contributed by atoms with van der Waals surface area (Å²) in [6.07, 6.45) is 0.604. The maximum atomic E-state index is 12.7. The van der Waals surface area contributed by atoms with Gasteiger partial charge in [0.15, 0.2) is 6.10 Å². The molecule has 1 aliphatic rings. The summed E-state index contributed by atoms with van der Waals surface area (Å²) in [5, 5.41) is 2.82. The number of hydrogen-bond acceptors (Lipinski definition) is 4. The minimum Gasteiger partial charge on any atom is -0.478 e. The molecule has 0 saturated carbocycles. The van der Waals surface area contributed by atoms with Crippen molar-refractivity contribution >= 4 is 43.2 Å². The number of fused-ring (bicyclic) bond motifs is 1. The number of carbonyl (C=O) groups excluding carboxylic acids is 1. The van der Waals surface area contributed by atoms with Crippen LogP contribution in [0.15, 0.2) is 46.9 Å². The Morgan fingerprint density at radius 1 is 1.27 bits per heavy atom. The number of hydrogen-bond donors (Lipinski definition) is 1. The van der Waals surface area contributed by atoms with Crippen LogP contribution in [0.25, 0.3) is 0 Å². The third-order valence-electron chi connectivity index (χ3n) is 4.07. The Kier molecular flexibility index (Phi) is 5.24. The number of anilines is 2. The van der Waals surface area contributed by atoms with Gasteiger partial charge in [-0.15, -0.1) is 0 Å². The Balaban J connectivity index is 1.89. The molecule has 6 nitrogen and oxygen atoms in total. The third kappa shape index (κ3) is 4.02. The summed E-state index contributed by atoms with van der Waals surface area (Å²) in [6.45, 7) is 2.05. The van der Waals surface area contributed by atoms with E-state index in [1.807, 2.05) is 31.2 Å². The summed E-state index contributed by atoms with van der Waals surface area (Å²) in [6, 6.07) is 12.6. The molecule has 1 atom stereocenters. The Morgan fingerprint density at radius 2 is 2.00 bits per heavy atom. The van der Waals surface area contributed by atoms with Crippen LogP contribution in [0.1, 0.15) is 12.0 Å². The van der Waals surface area contributed by atoms with Crippen LogP contribution in [0.4, 0.5) is 11.4 Å². The van der Waals surface area contributed by atoms with E-state index in [-0.39, 0.29) is 18.9 Å². The molecular formula is C18H19BrN2O4S. The average Bonchev–Trinajstić information content (AvgIpc) is 2.76. The lowest BCUT2D eigenvalue weighted by Gasteiger charge is -2.21. The van der Waals surface area contributed by atoms with Gasteiger partial charge in [-0.2, -0.15) is 0 Å². The van der Waals surface area contributed by atoms with Crippen molar-refractivity contribution < 1.29 is 17.9 Å². The standard InChI is InChI=1S/C18H19BrN2O4S/c1-12-7-8-16-15(11-12)21(26(2,23)24)10-9-17(25-16)18(22)20-14-6-4-3-5-13(14)19/h3-8,11,17H,9-10H2,1-2H3,(H,20,22)/t17-/m1/s1. The first-order valence-electron chi connectivity index (χ1n) is 8.06. The van der Waals surface area contributed by atoms with Crippen molar-refractivity contribution in [2.24, 2.45) is 0 Å². The van der Waals surface area contributed by atoms with Gasteiger partial charge in [0, 0.05) is 17.4 Å². The fourth-order valence-corrected chi connectivity index (χ4v) is 4.11. The first-order valence-corrected chi connectivity index (χ1v) is 10.7. The molecule has 0 aliphatic carbocycles. The normalized spacial score (nSPS) is 17.0. The van der Waals surface area contributed by atoms with Gasteiger partial charge in [-0.05, 0) is 52.7 Å². The number of sulfonamides is 1. The molecule has 0 unspecified atom stereocenters. The molecule has 0 fully saturated rings. The summed E-state index contributed by atoms with van der Waals surface area (Å²) in [7, 11) is -3.48. The highest BCUT2D eigenvalue weighted by atomic mass is 79.9. The molecule has 138 valence electrons. The van der Waals surface area contributed by atoms with Gasteiger partial charge in [0.1, 0.15) is 5.75 Å². The van der Waals surface area contributed by atoms with Crippen molar-refractivity contribution in [2.75, 3.05) is 22.4 Å². The van der Waals surface area contributed by atoms with Crippen LogP contribution in [0.2, 0.25) is 0 Å². The van der Waals surface area contributed by atoms with Crippen LogP contribution < -0.4 is 14.4 Å². The van der Waals surface area contributed by atoms with E-state index < -0.39 is 16.1 Å². The molecule has 3 rings (SSSR count). The number of nitrogens with one attached hydrogen (secondary N) is 1. The zero-order chi connectivity index (χ0) is 18.9. The number of carbonyl (C=O) groups is 1. The molecule has 1 amide bonds. The van der Waals surface area contributed by atoms with E-state index in [0.29, 0.717) is 17.1 Å². The molecule has 0 radical (unpaired) electrons. The van der Waals surface area contributed by atoms with E-state index in [0.717, 1.165) is 16.3 Å². The van der Waals surface area contributed by atoms with Gasteiger partial charge in [-0.25, -0.2) is 8.42 Å². The molecule has 0 spiro atoms. The first-order chi connectivity index (χ1) is 12.3. The zero-order valence-corrected chi connectivity index (χ0v) is 16.8. The zero-order valence-electron chi connectivity index (χ0n) is 14.4. The predicted molar refractivity (Wildman–Crippen MR) is 105 cm³/mol. The molecular weight excluding hydrogens is 420 g/mol. The van der Waals surface area contributed by atoms with Crippen molar-refractivity contribution in [3.05, 3.63) is 52.5 Å². The Hall–Kier alpha value is -2.06. The van der Waals surface area contributed by atoms with Gasteiger partial charge in [0.05, 0.1) is 17.6 Å². The number of benzene rings is 2. The number of ether oxygens (including phenoxy) is 1. The van der Waals surface area contributed by atoms with E-state index in [1.165, 1.54) is 4.31 Å². The van der Waals surface area contributed by atoms with Gasteiger partial charge in [0.25, 0.3) is 5.91 Å². The second-order valence-corrected chi connectivity index (χ2v) is 8.93. The van der Waals surface area contributed by atoms with Gasteiger partial charge in [-0.1, -0.05) is 18.2 Å². The minimum absolute atomic E-state index is 0.170. The molecule has 0 bridgehead atoms. The molecule has 1 N–H and O–H groups in total. The summed E-state index contributed by atoms with van der Waals surface area (Å²) in [5.41, 5.74) is 2.01. The highest BCUT2D eigenvalue weighted by Crippen LogP contribution is 2.35. The molecule has 8 heteroatoms. The van der Waals surface area contributed by atoms with Crippen LogP contribution in [0.5, 0.6) is 5.75 Å². The summed E-state index contributed by atoms with van der Waals surface area (Å²) in [5.74, 6) is 0.0598. The fourth-order valence-electron chi connectivity index (χ4n) is 2.79. The van der Waals surface area contributed by atoms with E-state index in [1.54, 1.807) is 18.2 Å². The number of nitrogens with zero attached hydrogens (tertiary/aromatic N) is 1. The largest absolute Gasteiger partial charge is 0.478 e. The monoisotopic (exact) mass is 438 g/mol. The summed E-state index contributed by atoms with van der Waals surface area (Å²) < 4.78 is 32.3. The molecule has 2 aromatic carbocycles. The SMILES string of the molecule is Cc1ccc2c(c1)N(S(C)(=O)=O)CC[C@H](C(=O)Nc1ccccc1Br)O2. The van der Waals surface area contributed by atoms with Crippen molar-refractivity contribution in [3.8, 4) is 5.75 Å². The molecule has 26 heavy (non-hydrogen) atoms. The number of halogens is 1. The van der Waals surface area contributed by atoms with Crippen molar-refractivity contribution in [2.45, 2.75) is 19.4 Å². The Bertz CT molecular complexity index is 946. The summed E-state index contributed by atoms with van der Waals surface area (Å²) in [4.78, 5) is 12.7.